The van der Waals surface area contributed by atoms with E-state index in [1.54, 1.807) is 18.6 Å². The molecule has 2 aliphatic heterocycles. The molecule has 0 radical (unpaired) electrons. The first kappa shape index (κ1) is 18.0. The highest BCUT2D eigenvalue weighted by atomic mass is 16.5. The Morgan fingerprint density at radius 3 is 2.93 bits per heavy atom. The third-order valence-electron chi connectivity index (χ3n) is 5.13. The second-order valence-electron chi connectivity index (χ2n) is 6.92. The highest BCUT2D eigenvalue weighted by Crippen LogP contribution is 2.29. The van der Waals surface area contributed by atoms with Gasteiger partial charge in [0.05, 0.1) is 25.3 Å². The van der Waals surface area contributed by atoms with Crippen molar-refractivity contribution >= 4 is 5.91 Å². The lowest BCUT2D eigenvalue weighted by atomic mass is 9.97. The number of hydrogen-bond donors (Lipinski definition) is 1. The number of aromatic nitrogens is 5. The molecule has 1 atom stereocenters. The molecule has 2 aromatic rings. The van der Waals surface area contributed by atoms with Crippen molar-refractivity contribution in [1.29, 1.82) is 0 Å². The van der Waals surface area contributed by atoms with Crippen LogP contribution in [0.4, 0.5) is 0 Å². The molecule has 9 heteroatoms. The molecule has 4 rings (SSSR count). The predicted molar refractivity (Wildman–Crippen MR) is 97.9 cm³/mol. The molecule has 0 saturated carbocycles. The zero-order valence-electron chi connectivity index (χ0n) is 15.4. The number of morpholine rings is 1. The van der Waals surface area contributed by atoms with Gasteiger partial charge in [-0.05, 0) is 25.8 Å². The van der Waals surface area contributed by atoms with Crippen LogP contribution in [-0.4, -0.2) is 74.9 Å². The molecule has 9 nitrogen and oxygen atoms in total. The maximum atomic E-state index is 12.7. The minimum atomic E-state index is -0.250. The summed E-state index contributed by atoms with van der Waals surface area (Å²) < 4.78 is 7.36. The number of fused-ring (bicyclic) bond motifs is 1. The lowest BCUT2D eigenvalue weighted by Crippen LogP contribution is -2.39. The summed E-state index contributed by atoms with van der Waals surface area (Å²) in [5.41, 5.74) is 0.683. The number of amides is 1. The van der Waals surface area contributed by atoms with E-state index < -0.39 is 0 Å². The highest BCUT2D eigenvalue weighted by molar-refractivity contribution is 5.83. The van der Waals surface area contributed by atoms with Gasteiger partial charge in [-0.1, -0.05) is 0 Å². The normalized spacial score (nSPS) is 20.2. The van der Waals surface area contributed by atoms with Gasteiger partial charge in [-0.15, -0.1) is 10.2 Å². The summed E-state index contributed by atoms with van der Waals surface area (Å²) in [7, 11) is 0. The van der Waals surface area contributed by atoms with E-state index in [4.69, 9.17) is 4.74 Å². The topological polar surface area (TPSA) is 98.1 Å². The van der Waals surface area contributed by atoms with Gasteiger partial charge in [0.1, 0.15) is 11.5 Å². The van der Waals surface area contributed by atoms with Gasteiger partial charge in [-0.3, -0.25) is 14.7 Å². The van der Waals surface area contributed by atoms with Crippen LogP contribution in [0.2, 0.25) is 0 Å². The molecule has 0 spiro atoms. The molecular formula is C18H25N7O2. The van der Waals surface area contributed by atoms with Gasteiger partial charge in [0.25, 0.3) is 0 Å². The highest BCUT2D eigenvalue weighted by Gasteiger charge is 2.31. The Labute approximate surface area is 158 Å². The van der Waals surface area contributed by atoms with E-state index in [0.717, 1.165) is 64.5 Å². The third kappa shape index (κ3) is 4.14. The van der Waals surface area contributed by atoms with Crippen molar-refractivity contribution < 1.29 is 9.53 Å². The zero-order chi connectivity index (χ0) is 18.5. The van der Waals surface area contributed by atoms with Crippen molar-refractivity contribution in [2.45, 2.75) is 31.7 Å². The maximum absolute atomic E-state index is 12.7. The minimum absolute atomic E-state index is 0.0380. The Morgan fingerprint density at radius 2 is 2.11 bits per heavy atom. The second kappa shape index (κ2) is 8.53. The largest absolute Gasteiger partial charge is 0.379 e. The van der Waals surface area contributed by atoms with Gasteiger partial charge in [-0.2, -0.15) is 0 Å². The summed E-state index contributed by atoms with van der Waals surface area (Å²) in [4.78, 5) is 23.5. The molecule has 0 aromatic carbocycles. The summed E-state index contributed by atoms with van der Waals surface area (Å²) in [6.07, 6.45) is 7.60. The molecule has 2 aromatic heterocycles. The quantitative estimate of drug-likeness (QED) is 0.736. The van der Waals surface area contributed by atoms with Gasteiger partial charge in [-0.25, -0.2) is 4.98 Å². The fourth-order valence-corrected chi connectivity index (χ4v) is 3.69. The van der Waals surface area contributed by atoms with E-state index >= 15 is 0 Å². The number of carbonyl (C=O) groups excluding carboxylic acids is 1. The molecule has 0 bridgehead atoms. The van der Waals surface area contributed by atoms with Crippen LogP contribution in [0.1, 0.15) is 31.0 Å². The van der Waals surface area contributed by atoms with Crippen LogP contribution >= 0.6 is 0 Å². The van der Waals surface area contributed by atoms with Crippen LogP contribution in [0.5, 0.6) is 0 Å². The smallest absolute Gasteiger partial charge is 0.230 e. The van der Waals surface area contributed by atoms with Gasteiger partial charge < -0.3 is 14.6 Å². The standard InChI is InChI=1S/C18H25N7O2/c26-18(21-4-2-7-24-9-11-27-12-10-24)14-3-1-8-25-16(14)22-23-17(25)15-13-19-5-6-20-15/h5-6,13-14H,1-4,7-12H2,(H,21,26). The van der Waals surface area contributed by atoms with Crippen LogP contribution in [0.3, 0.4) is 0 Å². The zero-order valence-corrected chi connectivity index (χ0v) is 15.4. The molecule has 1 fully saturated rings. The number of hydrogen-bond acceptors (Lipinski definition) is 7. The average Bonchev–Trinajstić information content (AvgIpc) is 3.17. The van der Waals surface area contributed by atoms with Crippen LogP contribution in [0.15, 0.2) is 18.6 Å². The number of rotatable bonds is 6. The molecule has 1 N–H and O–H groups in total. The number of nitrogens with one attached hydrogen (secondary N) is 1. The molecule has 144 valence electrons. The van der Waals surface area contributed by atoms with Crippen molar-refractivity contribution in [1.82, 2.24) is 34.9 Å². The number of carbonyl (C=O) groups is 1. The molecule has 27 heavy (non-hydrogen) atoms. The predicted octanol–water partition coefficient (Wildman–Crippen LogP) is 0.451. The molecule has 2 aliphatic rings. The van der Waals surface area contributed by atoms with E-state index in [0.29, 0.717) is 18.1 Å². The fourth-order valence-electron chi connectivity index (χ4n) is 3.69. The molecule has 1 amide bonds. The van der Waals surface area contributed by atoms with E-state index in [-0.39, 0.29) is 11.8 Å². The van der Waals surface area contributed by atoms with Gasteiger partial charge in [0.2, 0.25) is 5.91 Å². The van der Waals surface area contributed by atoms with Crippen LogP contribution in [-0.2, 0) is 16.1 Å². The fraction of sp³-hybridized carbons (Fsp3) is 0.611. The van der Waals surface area contributed by atoms with Crippen molar-refractivity contribution in [3.8, 4) is 11.5 Å². The lowest BCUT2D eigenvalue weighted by Gasteiger charge is -2.26. The summed E-state index contributed by atoms with van der Waals surface area (Å²) in [6, 6.07) is 0. The summed E-state index contributed by atoms with van der Waals surface area (Å²) in [5, 5.41) is 11.6. The van der Waals surface area contributed by atoms with Crippen molar-refractivity contribution in [2.24, 2.45) is 0 Å². The van der Waals surface area contributed by atoms with Crippen molar-refractivity contribution in [2.75, 3.05) is 39.4 Å². The first-order valence-electron chi connectivity index (χ1n) is 9.60. The Kier molecular flexibility index (Phi) is 5.69. The SMILES string of the molecule is O=C(NCCCN1CCOCC1)C1CCCn2c(-c3cnccn3)nnc21. The van der Waals surface area contributed by atoms with Gasteiger partial charge in [0, 0.05) is 38.6 Å². The summed E-state index contributed by atoms with van der Waals surface area (Å²) in [5.74, 6) is 1.20. The van der Waals surface area contributed by atoms with E-state index in [2.05, 4.69) is 30.4 Å². The van der Waals surface area contributed by atoms with E-state index in [9.17, 15) is 4.79 Å². The Hall–Kier alpha value is -2.39. The number of nitrogens with zero attached hydrogens (tertiary/aromatic N) is 6. The Balaban J connectivity index is 1.35. The molecule has 4 heterocycles. The van der Waals surface area contributed by atoms with Crippen molar-refractivity contribution in [3.05, 3.63) is 24.4 Å². The monoisotopic (exact) mass is 371 g/mol. The van der Waals surface area contributed by atoms with Crippen LogP contribution in [0, 0.1) is 0 Å². The second-order valence-corrected chi connectivity index (χ2v) is 6.92. The Morgan fingerprint density at radius 1 is 1.22 bits per heavy atom. The van der Waals surface area contributed by atoms with Gasteiger partial charge in [0.15, 0.2) is 5.82 Å². The maximum Gasteiger partial charge on any atom is 0.230 e. The molecule has 1 unspecified atom stereocenters. The number of ether oxygens (including phenoxy) is 1. The summed E-state index contributed by atoms with van der Waals surface area (Å²) in [6.45, 7) is 6.03. The third-order valence-corrected chi connectivity index (χ3v) is 5.13. The van der Waals surface area contributed by atoms with E-state index in [1.807, 2.05) is 4.57 Å². The molecular weight excluding hydrogens is 346 g/mol. The van der Waals surface area contributed by atoms with Crippen LogP contribution < -0.4 is 5.32 Å². The van der Waals surface area contributed by atoms with Gasteiger partial charge >= 0.3 is 0 Å². The minimum Gasteiger partial charge on any atom is -0.379 e. The average molecular weight is 371 g/mol. The first-order valence-corrected chi connectivity index (χ1v) is 9.60. The van der Waals surface area contributed by atoms with E-state index in [1.165, 1.54) is 0 Å². The summed E-state index contributed by atoms with van der Waals surface area (Å²) >= 11 is 0. The Bertz CT molecular complexity index is 758. The molecule has 0 aliphatic carbocycles. The first-order chi connectivity index (χ1) is 13.3. The lowest BCUT2D eigenvalue weighted by molar-refractivity contribution is -0.123. The van der Waals surface area contributed by atoms with Crippen LogP contribution in [0.25, 0.3) is 11.5 Å². The van der Waals surface area contributed by atoms with Crippen molar-refractivity contribution in [3.63, 3.8) is 0 Å². The molecule has 1 saturated heterocycles.